The Morgan fingerprint density at radius 1 is 1.34 bits per heavy atom. The zero-order chi connectivity index (χ0) is 20.8. The van der Waals surface area contributed by atoms with Gasteiger partial charge in [0.25, 0.3) is 6.47 Å². The third-order valence-electron chi connectivity index (χ3n) is 5.54. The van der Waals surface area contributed by atoms with E-state index in [-0.39, 0.29) is 12.6 Å². The van der Waals surface area contributed by atoms with E-state index < -0.39 is 0 Å². The smallest absolute Gasteiger partial charge is 0.290 e. The Morgan fingerprint density at radius 2 is 2.14 bits per heavy atom. The Labute approximate surface area is 170 Å². The minimum Gasteiger partial charge on any atom is -0.483 e. The van der Waals surface area contributed by atoms with Crippen LogP contribution < -0.4 is 0 Å². The van der Waals surface area contributed by atoms with Crippen molar-refractivity contribution in [1.82, 2.24) is 14.6 Å². The molecule has 3 heterocycles. The van der Waals surface area contributed by atoms with Crippen molar-refractivity contribution >= 4 is 17.4 Å². The molecule has 0 aliphatic carbocycles. The largest absolute Gasteiger partial charge is 0.483 e. The van der Waals surface area contributed by atoms with Crippen LogP contribution in [-0.4, -0.2) is 52.5 Å². The van der Waals surface area contributed by atoms with Gasteiger partial charge in [0.05, 0.1) is 11.8 Å². The predicted octanol–water partition coefficient (Wildman–Crippen LogP) is 3.35. The van der Waals surface area contributed by atoms with Crippen LogP contribution in [0.4, 0.5) is 0 Å². The highest BCUT2D eigenvalue weighted by Gasteiger charge is 2.33. The number of hydrogen-bond acceptors (Lipinski definition) is 5. The Bertz CT molecular complexity index is 933. The number of carboxylic acid groups (broad SMARTS) is 1. The number of methoxy groups -OCH3 is 1. The first kappa shape index (κ1) is 21.1. The fraction of sp³-hybridized carbons (Fsp3) is 0.455. The van der Waals surface area contributed by atoms with Crippen LogP contribution in [0, 0.1) is 12.8 Å². The van der Waals surface area contributed by atoms with E-state index in [2.05, 4.69) is 52.0 Å². The Hall–Kier alpha value is -2.64. The van der Waals surface area contributed by atoms with Crippen molar-refractivity contribution in [3.63, 3.8) is 0 Å². The van der Waals surface area contributed by atoms with E-state index in [1.54, 1.807) is 0 Å². The number of benzene rings is 1. The lowest BCUT2D eigenvalue weighted by Crippen LogP contribution is -2.23. The summed E-state index contributed by atoms with van der Waals surface area (Å²) in [6, 6.07) is 10.9. The molecule has 1 aliphatic rings. The first-order valence-electron chi connectivity index (χ1n) is 9.91. The SMILES string of the molecule is CCn1ccc2c(CN3C[C@@H](Cc4cc(C)no4)[C@@H](OC)C3)cccc21.O=CO. The standard InChI is InChI=1S/C21H27N3O2.CH2O2/c1-4-24-9-8-19-16(6-5-7-20(19)24)12-23-13-17(21(14-23)25-3)11-18-10-15(2)22-26-18;2-1-3/h5-10,17,21H,4,11-14H2,1-3H3;1H,(H,2,3)/t17-,21+;/m1./s1. The Kier molecular flexibility index (Phi) is 7.06. The second-order valence-corrected chi connectivity index (χ2v) is 7.42. The average Bonchev–Trinajstić information content (AvgIpc) is 3.41. The second kappa shape index (κ2) is 9.71. The molecule has 2 aromatic heterocycles. The molecule has 29 heavy (non-hydrogen) atoms. The molecule has 4 rings (SSSR count). The summed E-state index contributed by atoms with van der Waals surface area (Å²) in [6.07, 6.45) is 3.30. The van der Waals surface area contributed by atoms with Gasteiger partial charge in [-0.2, -0.15) is 0 Å². The van der Waals surface area contributed by atoms with Crippen molar-refractivity contribution in [3.8, 4) is 0 Å². The molecule has 3 aromatic rings. The number of fused-ring (bicyclic) bond motifs is 1. The summed E-state index contributed by atoms with van der Waals surface area (Å²) in [6.45, 7) is 7.83. The maximum atomic E-state index is 8.36. The number of nitrogens with zero attached hydrogens (tertiary/aromatic N) is 3. The highest BCUT2D eigenvalue weighted by atomic mass is 16.5. The van der Waals surface area contributed by atoms with Gasteiger partial charge in [0.2, 0.25) is 0 Å². The van der Waals surface area contributed by atoms with Crippen LogP contribution in [0.1, 0.15) is 23.9 Å². The molecule has 0 radical (unpaired) electrons. The molecule has 1 fully saturated rings. The molecule has 156 valence electrons. The van der Waals surface area contributed by atoms with E-state index in [4.69, 9.17) is 19.2 Å². The molecule has 1 aliphatic heterocycles. The van der Waals surface area contributed by atoms with Crippen LogP contribution >= 0.6 is 0 Å². The van der Waals surface area contributed by atoms with Gasteiger partial charge < -0.3 is 18.9 Å². The van der Waals surface area contributed by atoms with Crippen molar-refractivity contribution in [3.05, 3.63) is 53.5 Å². The molecule has 7 heteroatoms. The van der Waals surface area contributed by atoms with E-state index in [0.29, 0.717) is 5.92 Å². The van der Waals surface area contributed by atoms with E-state index >= 15 is 0 Å². The fourth-order valence-electron chi connectivity index (χ4n) is 4.23. The maximum absolute atomic E-state index is 8.36. The quantitative estimate of drug-likeness (QED) is 0.640. The molecule has 1 saturated heterocycles. The third-order valence-corrected chi connectivity index (χ3v) is 5.54. The molecule has 0 saturated carbocycles. The van der Waals surface area contributed by atoms with Crippen molar-refractivity contribution < 1.29 is 19.2 Å². The highest BCUT2D eigenvalue weighted by Crippen LogP contribution is 2.28. The first-order chi connectivity index (χ1) is 14.1. The maximum Gasteiger partial charge on any atom is 0.290 e. The van der Waals surface area contributed by atoms with Crippen LogP contribution in [0.15, 0.2) is 41.1 Å². The molecule has 1 N–H and O–H groups in total. The Balaban J connectivity index is 0.000000755. The van der Waals surface area contributed by atoms with Crippen molar-refractivity contribution in [2.45, 2.75) is 39.5 Å². The van der Waals surface area contributed by atoms with Gasteiger partial charge in [-0.3, -0.25) is 9.69 Å². The summed E-state index contributed by atoms with van der Waals surface area (Å²) >= 11 is 0. The minimum atomic E-state index is -0.250. The third kappa shape index (κ3) is 4.86. The number of likely N-dealkylation sites (tertiary alicyclic amines) is 1. The molecule has 0 spiro atoms. The number of aromatic nitrogens is 2. The minimum absolute atomic E-state index is 0.236. The van der Waals surface area contributed by atoms with E-state index in [0.717, 1.165) is 44.1 Å². The number of hydrogen-bond donors (Lipinski definition) is 1. The van der Waals surface area contributed by atoms with Crippen LogP contribution in [0.25, 0.3) is 10.9 Å². The van der Waals surface area contributed by atoms with Gasteiger partial charge in [0.15, 0.2) is 0 Å². The van der Waals surface area contributed by atoms with Crippen molar-refractivity contribution in [1.29, 1.82) is 0 Å². The number of ether oxygens (including phenoxy) is 1. The summed E-state index contributed by atoms with van der Waals surface area (Å²) in [5.74, 6) is 1.39. The van der Waals surface area contributed by atoms with Gasteiger partial charge in [0.1, 0.15) is 5.76 Å². The van der Waals surface area contributed by atoms with Gasteiger partial charge in [-0.05, 0) is 31.5 Å². The summed E-state index contributed by atoms with van der Waals surface area (Å²) < 4.78 is 13.5. The molecular weight excluding hydrogens is 370 g/mol. The van der Waals surface area contributed by atoms with Crippen LogP contribution in [0.2, 0.25) is 0 Å². The van der Waals surface area contributed by atoms with E-state index in [1.807, 2.05) is 20.1 Å². The molecule has 0 unspecified atom stereocenters. The van der Waals surface area contributed by atoms with Gasteiger partial charge in [-0.1, -0.05) is 17.3 Å². The van der Waals surface area contributed by atoms with E-state index in [1.165, 1.54) is 16.5 Å². The molecular formula is C22H29N3O4. The molecule has 0 amide bonds. The van der Waals surface area contributed by atoms with Crippen LogP contribution in [0.5, 0.6) is 0 Å². The molecule has 1 aromatic carbocycles. The fourth-order valence-corrected chi connectivity index (χ4v) is 4.23. The summed E-state index contributed by atoms with van der Waals surface area (Å²) in [5.41, 5.74) is 3.65. The van der Waals surface area contributed by atoms with Crippen LogP contribution in [-0.2, 0) is 29.0 Å². The molecule has 0 bridgehead atoms. The molecule has 2 atom stereocenters. The second-order valence-electron chi connectivity index (χ2n) is 7.42. The van der Waals surface area contributed by atoms with Gasteiger partial charge in [-0.25, -0.2) is 0 Å². The average molecular weight is 399 g/mol. The number of carbonyl (C=O) groups is 1. The monoisotopic (exact) mass is 399 g/mol. The van der Waals surface area contributed by atoms with Gasteiger partial charge >= 0.3 is 0 Å². The van der Waals surface area contributed by atoms with Crippen molar-refractivity contribution in [2.75, 3.05) is 20.2 Å². The lowest BCUT2D eigenvalue weighted by Gasteiger charge is -2.16. The lowest BCUT2D eigenvalue weighted by atomic mass is 10.0. The zero-order valence-electron chi connectivity index (χ0n) is 17.2. The highest BCUT2D eigenvalue weighted by molar-refractivity contribution is 5.83. The first-order valence-corrected chi connectivity index (χ1v) is 9.91. The Morgan fingerprint density at radius 3 is 2.79 bits per heavy atom. The zero-order valence-corrected chi connectivity index (χ0v) is 17.2. The number of rotatable bonds is 6. The van der Waals surface area contributed by atoms with Crippen molar-refractivity contribution in [2.24, 2.45) is 5.92 Å². The van der Waals surface area contributed by atoms with E-state index in [9.17, 15) is 0 Å². The van der Waals surface area contributed by atoms with Crippen LogP contribution in [0.3, 0.4) is 0 Å². The predicted molar refractivity (Wildman–Crippen MR) is 111 cm³/mol. The lowest BCUT2D eigenvalue weighted by molar-refractivity contribution is -0.122. The summed E-state index contributed by atoms with van der Waals surface area (Å²) in [4.78, 5) is 10.9. The van der Waals surface area contributed by atoms with Gasteiger partial charge in [0, 0.05) is 68.8 Å². The summed E-state index contributed by atoms with van der Waals surface area (Å²) in [5, 5.41) is 12.3. The number of aryl methyl sites for hydroxylation is 2. The van der Waals surface area contributed by atoms with Gasteiger partial charge in [-0.15, -0.1) is 0 Å². The topological polar surface area (TPSA) is 80.7 Å². The normalized spacial score (nSPS) is 19.3. The summed E-state index contributed by atoms with van der Waals surface area (Å²) in [7, 11) is 1.81. The molecule has 7 nitrogen and oxygen atoms in total.